The van der Waals surface area contributed by atoms with Crippen LogP contribution in [0.25, 0.3) is 0 Å². The Morgan fingerprint density at radius 3 is 2.55 bits per heavy atom. The van der Waals surface area contributed by atoms with Gasteiger partial charge in [0.1, 0.15) is 5.76 Å². The minimum atomic E-state index is 0.00627. The van der Waals surface area contributed by atoms with Crippen molar-refractivity contribution in [1.29, 1.82) is 0 Å². The molecule has 0 aromatic carbocycles. The van der Waals surface area contributed by atoms with Gasteiger partial charge in [-0.15, -0.1) is 6.58 Å². The fourth-order valence-electron chi connectivity index (χ4n) is 3.28. The molecule has 0 fully saturated rings. The van der Waals surface area contributed by atoms with Crippen molar-refractivity contribution in [3.63, 3.8) is 0 Å². The second-order valence-corrected chi connectivity index (χ2v) is 7.32. The lowest BCUT2D eigenvalue weighted by Gasteiger charge is -2.26. The predicted octanol–water partition coefficient (Wildman–Crippen LogP) is 5.29. The zero-order valence-electron chi connectivity index (χ0n) is 14.1. The minimum Gasteiger partial charge on any atom is -0.360 e. The summed E-state index contributed by atoms with van der Waals surface area (Å²) in [6.07, 6.45) is 12.8. The Kier molecular flexibility index (Phi) is 5.98. The van der Waals surface area contributed by atoms with Gasteiger partial charge in [-0.1, -0.05) is 50.8 Å². The zero-order chi connectivity index (χ0) is 16.0. The molecular weight excluding hydrogens is 274 g/mol. The molecule has 3 heteroatoms. The number of unbranched alkanes of at least 4 members (excludes halogenated alkanes) is 6. The summed E-state index contributed by atoms with van der Waals surface area (Å²) in [5, 5.41) is 4.17. The summed E-state index contributed by atoms with van der Waals surface area (Å²) in [4.78, 5) is 12.3. The molecular formula is C19H29NO2. The lowest BCUT2D eigenvalue weighted by molar-refractivity contribution is 0.0901. The fraction of sp³-hybridized carbons (Fsp3) is 0.684. The number of carbonyl (C=O) groups excluding carboxylic acids is 1. The molecule has 0 radical (unpaired) electrons. The number of Topliss-reactive ketones (excluding diaryl/α,β-unsaturated/α-hetero) is 1. The molecule has 1 heterocycles. The third-order valence-corrected chi connectivity index (χ3v) is 4.46. The van der Waals surface area contributed by atoms with Crippen LogP contribution in [0.15, 0.2) is 17.2 Å². The number of allylic oxidation sites excluding steroid dienone is 1. The van der Waals surface area contributed by atoms with E-state index in [0.717, 1.165) is 42.7 Å². The highest BCUT2D eigenvalue weighted by Gasteiger charge is 2.35. The molecule has 22 heavy (non-hydrogen) atoms. The second kappa shape index (κ2) is 7.75. The first-order chi connectivity index (χ1) is 10.5. The molecule has 0 aliphatic heterocycles. The maximum absolute atomic E-state index is 12.3. The molecule has 2 rings (SSSR count). The van der Waals surface area contributed by atoms with Crippen molar-refractivity contribution in [2.24, 2.45) is 5.41 Å². The number of aromatic nitrogens is 1. The van der Waals surface area contributed by atoms with Crippen LogP contribution in [-0.2, 0) is 12.8 Å². The van der Waals surface area contributed by atoms with E-state index < -0.39 is 0 Å². The zero-order valence-corrected chi connectivity index (χ0v) is 14.1. The van der Waals surface area contributed by atoms with E-state index in [1.165, 1.54) is 32.1 Å². The van der Waals surface area contributed by atoms with E-state index in [2.05, 4.69) is 25.6 Å². The van der Waals surface area contributed by atoms with Gasteiger partial charge in [-0.05, 0) is 31.1 Å². The molecule has 0 amide bonds. The second-order valence-electron chi connectivity index (χ2n) is 7.32. The van der Waals surface area contributed by atoms with Gasteiger partial charge in [0.25, 0.3) is 0 Å². The van der Waals surface area contributed by atoms with Crippen molar-refractivity contribution in [3.8, 4) is 0 Å². The Morgan fingerprint density at radius 1 is 1.14 bits per heavy atom. The number of hydrogen-bond acceptors (Lipinski definition) is 3. The van der Waals surface area contributed by atoms with Gasteiger partial charge in [-0.2, -0.15) is 0 Å². The van der Waals surface area contributed by atoms with Crippen LogP contribution in [0.3, 0.4) is 0 Å². The lowest BCUT2D eigenvalue weighted by Crippen LogP contribution is -2.26. The lowest BCUT2D eigenvalue weighted by atomic mass is 9.76. The first kappa shape index (κ1) is 17.0. The minimum absolute atomic E-state index is 0.00627. The summed E-state index contributed by atoms with van der Waals surface area (Å²) in [6, 6.07) is 0. The van der Waals surface area contributed by atoms with Crippen molar-refractivity contribution < 1.29 is 9.32 Å². The first-order valence-corrected chi connectivity index (χ1v) is 8.65. The molecule has 0 unspecified atom stereocenters. The van der Waals surface area contributed by atoms with Crippen LogP contribution in [0.1, 0.15) is 87.0 Å². The molecule has 3 nitrogen and oxygen atoms in total. The van der Waals surface area contributed by atoms with Crippen LogP contribution in [-0.4, -0.2) is 10.9 Å². The van der Waals surface area contributed by atoms with E-state index in [0.29, 0.717) is 6.42 Å². The monoisotopic (exact) mass is 303 g/mol. The number of ketones is 1. The summed E-state index contributed by atoms with van der Waals surface area (Å²) in [6.45, 7) is 7.97. The van der Waals surface area contributed by atoms with Gasteiger partial charge in [0.2, 0.25) is 0 Å². The number of fused-ring (bicyclic) bond motifs is 1. The van der Waals surface area contributed by atoms with Gasteiger partial charge >= 0.3 is 0 Å². The van der Waals surface area contributed by atoms with Gasteiger partial charge in [0, 0.05) is 12.8 Å². The molecule has 0 saturated carbocycles. The molecule has 0 spiro atoms. The molecule has 1 aromatic rings. The Hall–Kier alpha value is -1.38. The Bertz CT molecular complexity index is 514. The third kappa shape index (κ3) is 4.56. The van der Waals surface area contributed by atoms with Crippen molar-refractivity contribution >= 4 is 5.78 Å². The van der Waals surface area contributed by atoms with Crippen molar-refractivity contribution in [1.82, 2.24) is 5.16 Å². The molecule has 0 atom stereocenters. The summed E-state index contributed by atoms with van der Waals surface area (Å²) < 4.78 is 5.44. The van der Waals surface area contributed by atoms with E-state index in [9.17, 15) is 4.79 Å². The van der Waals surface area contributed by atoms with Crippen LogP contribution in [0, 0.1) is 5.41 Å². The van der Waals surface area contributed by atoms with Crippen LogP contribution >= 0.6 is 0 Å². The average Bonchev–Trinajstić information content (AvgIpc) is 2.83. The van der Waals surface area contributed by atoms with Gasteiger partial charge in [0.15, 0.2) is 5.78 Å². The third-order valence-electron chi connectivity index (χ3n) is 4.46. The van der Waals surface area contributed by atoms with Gasteiger partial charge in [-0.3, -0.25) is 4.79 Å². The number of hydrogen-bond donors (Lipinski definition) is 0. The van der Waals surface area contributed by atoms with Gasteiger partial charge < -0.3 is 4.52 Å². The number of rotatable bonds is 9. The van der Waals surface area contributed by atoms with Gasteiger partial charge in [0.05, 0.1) is 11.3 Å². The van der Waals surface area contributed by atoms with Crippen LogP contribution in [0.2, 0.25) is 0 Å². The van der Waals surface area contributed by atoms with Crippen LogP contribution in [0.5, 0.6) is 0 Å². The van der Waals surface area contributed by atoms with Crippen molar-refractivity contribution in [2.45, 2.75) is 78.1 Å². The molecule has 0 bridgehead atoms. The van der Waals surface area contributed by atoms with E-state index in [-0.39, 0.29) is 11.2 Å². The van der Waals surface area contributed by atoms with Crippen molar-refractivity contribution in [2.75, 3.05) is 0 Å². The summed E-state index contributed by atoms with van der Waals surface area (Å²) in [5.74, 6) is 1.02. The fourth-order valence-corrected chi connectivity index (χ4v) is 3.28. The highest BCUT2D eigenvalue weighted by molar-refractivity contribution is 5.99. The summed E-state index contributed by atoms with van der Waals surface area (Å²) >= 11 is 0. The number of nitrogens with zero attached hydrogens (tertiary/aromatic N) is 1. The van der Waals surface area contributed by atoms with E-state index in [4.69, 9.17) is 4.52 Å². The average molecular weight is 303 g/mol. The van der Waals surface area contributed by atoms with Crippen LogP contribution in [0.4, 0.5) is 0 Å². The van der Waals surface area contributed by atoms with E-state index >= 15 is 0 Å². The number of carbonyl (C=O) groups is 1. The van der Waals surface area contributed by atoms with E-state index in [1.807, 2.05) is 6.08 Å². The molecule has 1 aromatic heterocycles. The molecule has 0 N–H and O–H groups in total. The Morgan fingerprint density at radius 2 is 1.82 bits per heavy atom. The topological polar surface area (TPSA) is 43.1 Å². The maximum Gasteiger partial charge on any atom is 0.168 e. The SMILES string of the molecule is C=CCCCCCCCCc1noc2c1C(=O)CC(C)(C)C2. The predicted molar refractivity (Wildman–Crippen MR) is 89.2 cm³/mol. The smallest absolute Gasteiger partial charge is 0.168 e. The Labute approximate surface area is 134 Å². The normalized spacial score (nSPS) is 16.5. The van der Waals surface area contributed by atoms with Crippen LogP contribution < -0.4 is 0 Å². The van der Waals surface area contributed by atoms with Gasteiger partial charge in [-0.25, -0.2) is 0 Å². The molecule has 122 valence electrons. The first-order valence-electron chi connectivity index (χ1n) is 8.65. The van der Waals surface area contributed by atoms with Crippen molar-refractivity contribution in [3.05, 3.63) is 29.7 Å². The molecule has 1 aliphatic carbocycles. The quantitative estimate of drug-likeness (QED) is 0.460. The maximum atomic E-state index is 12.3. The summed E-state index contributed by atoms with van der Waals surface area (Å²) in [5.41, 5.74) is 1.69. The highest BCUT2D eigenvalue weighted by Crippen LogP contribution is 2.36. The molecule has 0 saturated heterocycles. The van der Waals surface area contributed by atoms with E-state index in [1.54, 1.807) is 0 Å². The highest BCUT2D eigenvalue weighted by atomic mass is 16.5. The largest absolute Gasteiger partial charge is 0.360 e. The molecule has 1 aliphatic rings. The number of aryl methyl sites for hydroxylation is 1. The Balaban J connectivity index is 1.75. The standard InChI is InChI=1S/C19H29NO2/c1-4-5-6-7-8-9-10-11-12-15-18-16(21)13-19(2,3)14-17(18)22-20-15/h4H,1,5-14H2,2-3H3. The summed E-state index contributed by atoms with van der Waals surface area (Å²) in [7, 11) is 0.